The normalized spacial score (nSPS) is 24.1. The Morgan fingerprint density at radius 2 is 1.67 bits per heavy atom. The third-order valence-electron chi connectivity index (χ3n) is 5.87. The van der Waals surface area contributed by atoms with E-state index in [0.717, 1.165) is 30.4 Å². The molecule has 0 spiro atoms. The molecule has 0 heterocycles. The second-order valence-corrected chi connectivity index (χ2v) is 7.44. The number of phenolic OH excluding ortho intramolecular Hbond substituents is 1. The van der Waals surface area contributed by atoms with E-state index in [1.54, 1.807) is 7.11 Å². The van der Waals surface area contributed by atoms with Crippen molar-refractivity contribution in [1.82, 2.24) is 0 Å². The molecule has 2 nitrogen and oxygen atoms in total. The van der Waals surface area contributed by atoms with Crippen molar-refractivity contribution in [3.63, 3.8) is 0 Å². The number of rotatable bonds is 4. The van der Waals surface area contributed by atoms with Crippen LogP contribution in [0.1, 0.15) is 50.7 Å². The molecule has 0 atom stereocenters. The molecule has 0 bridgehead atoms. The molecule has 0 aromatic heterocycles. The van der Waals surface area contributed by atoms with Gasteiger partial charge in [0.05, 0.1) is 7.11 Å². The zero-order valence-electron chi connectivity index (χ0n) is 15.0. The molecule has 3 rings (SSSR count). The minimum Gasteiger partial charge on any atom is -0.508 e. The molecule has 128 valence electrons. The van der Waals surface area contributed by atoms with Gasteiger partial charge in [-0.15, -0.1) is 0 Å². The molecule has 1 aliphatic carbocycles. The first-order valence-corrected chi connectivity index (χ1v) is 8.99. The molecule has 1 fully saturated rings. The maximum atomic E-state index is 9.69. The van der Waals surface area contributed by atoms with Crippen LogP contribution in [-0.4, -0.2) is 12.2 Å². The van der Waals surface area contributed by atoms with Crippen LogP contribution in [0.25, 0.3) is 0 Å². The van der Waals surface area contributed by atoms with E-state index in [4.69, 9.17) is 4.74 Å². The van der Waals surface area contributed by atoms with Gasteiger partial charge >= 0.3 is 0 Å². The van der Waals surface area contributed by atoms with Gasteiger partial charge in [-0.3, -0.25) is 0 Å². The number of methoxy groups -OCH3 is 1. The average Bonchev–Trinajstić information content (AvgIpc) is 2.62. The largest absolute Gasteiger partial charge is 0.508 e. The predicted octanol–water partition coefficient (Wildman–Crippen LogP) is 5.53. The number of hydrogen-bond donors (Lipinski definition) is 1. The molecule has 2 aromatic rings. The van der Waals surface area contributed by atoms with Gasteiger partial charge in [-0.2, -0.15) is 0 Å². The SMILES string of the molecule is COc1cccc(C2(c3ccc(O)cc3)CCC(C(C)C)CC2)c1. The van der Waals surface area contributed by atoms with E-state index >= 15 is 0 Å². The Morgan fingerprint density at radius 3 is 2.25 bits per heavy atom. The fraction of sp³-hybridized carbons (Fsp3) is 0.455. The van der Waals surface area contributed by atoms with E-state index < -0.39 is 0 Å². The van der Waals surface area contributed by atoms with E-state index in [1.165, 1.54) is 24.0 Å². The van der Waals surface area contributed by atoms with E-state index in [-0.39, 0.29) is 5.41 Å². The lowest BCUT2D eigenvalue weighted by Gasteiger charge is -2.42. The van der Waals surface area contributed by atoms with Crippen molar-refractivity contribution in [2.75, 3.05) is 7.11 Å². The highest BCUT2D eigenvalue weighted by Crippen LogP contribution is 2.48. The van der Waals surface area contributed by atoms with Crippen LogP contribution in [0.15, 0.2) is 48.5 Å². The minimum atomic E-state index is 0.0215. The summed E-state index contributed by atoms with van der Waals surface area (Å²) in [7, 11) is 1.72. The maximum absolute atomic E-state index is 9.69. The van der Waals surface area contributed by atoms with Gasteiger partial charge in [0, 0.05) is 5.41 Å². The molecule has 0 unspecified atom stereocenters. The third-order valence-corrected chi connectivity index (χ3v) is 5.87. The number of hydrogen-bond acceptors (Lipinski definition) is 2. The van der Waals surface area contributed by atoms with Crippen molar-refractivity contribution in [2.24, 2.45) is 11.8 Å². The third kappa shape index (κ3) is 3.15. The zero-order chi connectivity index (χ0) is 17.2. The van der Waals surface area contributed by atoms with Crippen molar-refractivity contribution in [1.29, 1.82) is 0 Å². The quantitative estimate of drug-likeness (QED) is 0.801. The molecular weight excluding hydrogens is 296 g/mol. The van der Waals surface area contributed by atoms with Crippen molar-refractivity contribution < 1.29 is 9.84 Å². The molecule has 1 saturated carbocycles. The van der Waals surface area contributed by atoms with Crippen molar-refractivity contribution in [3.05, 3.63) is 59.7 Å². The van der Waals surface area contributed by atoms with Crippen LogP contribution >= 0.6 is 0 Å². The van der Waals surface area contributed by atoms with Crippen LogP contribution in [0.3, 0.4) is 0 Å². The Morgan fingerprint density at radius 1 is 1.00 bits per heavy atom. The van der Waals surface area contributed by atoms with Crippen LogP contribution in [0.4, 0.5) is 0 Å². The van der Waals surface area contributed by atoms with Gasteiger partial charge in [-0.05, 0) is 72.9 Å². The first kappa shape index (κ1) is 16.9. The molecule has 0 saturated heterocycles. The molecule has 24 heavy (non-hydrogen) atoms. The number of benzene rings is 2. The van der Waals surface area contributed by atoms with E-state index in [1.807, 2.05) is 18.2 Å². The van der Waals surface area contributed by atoms with Crippen LogP contribution in [0.5, 0.6) is 11.5 Å². The van der Waals surface area contributed by atoms with Crippen LogP contribution < -0.4 is 4.74 Å². The Bertz CT molecular complexity index is 665. The number of ether oxygens (including phenoxy) is 1. The standard InChI is InChI=1S/C22H28O2/c1-16(2)17-11-13-22(14-12-17,18-7-9-20(23)10-8-18)19-5-4-6-21(15-19)24-3/h4-10,15-17,23H,11-14H2,1-3H3. The van der Waals surface area contributed by atoms with Gasteiger partial charge in [0.1, 0.15) is 11.5 Å². The van der Waals surface area contributed by atoms with Gasteiger partial charge in [0.25, 0.3) is 0 Å². The fourth-order valence-electron chi connectivity index (χ4n) is 4.24. The highest BCUT2D eigenvalue weighted by atomic mass is 16.5. The first-order valence-electron chi connectivity index (χ1n) is 8.99. The topological polar surface area (TPSA) is 29.5 Å². The van der Waals surface area contributed by atoms with E-state index in [2.05, 4.69) is 44.2 Å². The van der Waals surface area contributed by atoms with Gasteiger partial charge in [0.2, 0.25) is 0 Å². The summed E-state index contributed by atoms with van der Waals surface area (Å²) in [6.45, 7) is 4.67. The minimum absolute atomic E-state index is 0.0215. The van der Waals surface area contributed by atoms with Crippen molar-refractivity contribution in [3.8, 4) is 11.5 Å². The Hall–Kier alpha value is -1.96. The van der Waals surface area contributed by atoms with Gasteiger partial charge in [-0.25, -0.2) is 0 Å². The van der Waals surface area contributed by atoms with E-state index in [0.29, 0.717) is 5.75 Å². The lowest BCUT2D eigenvalue weighted by molar-refractivity contribution is 0.217. The van der Waals surface area contributed by atoms with E-state index in [9.17, 15) is 5.11 Å². The van der Waals surface area contributed by atoms with Gasteiger partial charge in [0.15, 0.2) is 0 Å². The molecule has 0 aliphatic heterocycles. The van der Waals surface area contributed by atoms with Crippen molar-refractivity contribution in [2.45, 2.75) is 44.9 Å². The summed E-state index contributed by atoms with van der Waals surface area (Å²) in [5, 5.41) is 9.69. The summed E-state index contributed by atoms with van der Waals surface area (Å²) in [5.41, 5.74) is 2.65. The molecule has 0 amide bonds. The first-order chi connectivity index (χ1) is 11.5. The number of phenols is 1. The molecule has 0 radical (unpaired) electrons. The maximum Gasteiger partial charge on any atom is 0.119 e. The molecule has 2 aromatic carbocycles. The average molecular weight is 324 g/mol. The lowest BCUT2D eigenvalue weighted by Crippen LogP contribution is -2.34. The monoisotopic (exact) mass is 324 g/mol. The predicted molar refractivity (Wildman–Crippen MR) is 98.7 cm³/mol. The summed E-state index contributed by atoms with van der Waals surface area (Å²) >= 11 is 0. The zero-order valence-corrected chi connectivity index (χ0v) is 15.0. The summed E-state index contributed by atoms with van der Waals surface area (Å²) in [6.07, 6.45) is 4.78. The molecule has 2 heteroatoms. The molecule has 1 N–H and O–H groups in total. The fourth-order valence-corrected chi connectivity index (χ4v) is 4.24. The van der Waals surface area contributed by atoms with Gasteiger partial charge < -0.3 is 9.84 Å². The summed E-state index contributed by atoms with van der Waals surface area (Å²) < 4.78 is 5.47. The van der Waals surface area contributed by atoms with Crippen molar-refractivity contribution >= 4 is 0 Å². The second kappa shape index (κ2) is 6.88. The summed E-state index contributed by atoms with van der Waals surface area (Å²) in [4.78, 5) is 0. The van der Waals surface area contributed by atoms with Gasteiger partial charge in [-0.1, -0.05) is 38.1 Å². The lowest BCUT2D eigenvalue weighted by atomic mass is 9.61. The Kier molecular flexibility index (Phi) is 4.84. The van der Waals surface area contributed by atoms with Crippen LogP contribution in [0, 0.1) is 11.8 Å². The summed E-state index contributed by atoms with van der Waals surface area (Å²) in [6, 6.07) is 16.3. The highest BCUT2D eigenvalue weighted by Gasteiger charge is 2.39. The Balaban J connectivity index is 2.02. The Labute approximate surface area is 145 Å². The number of aromatic hydroxyl groups is 1. The van der Waals surface area contributed by atoms with Crippen LogP contribution in [-0.2, 0) is 5.41 Å². The van der Waals surface area contributed by atoms with Crippen LogP contribution in [0.2, 0.25) is 0 Å². The molecule has 1 aliphatic rings. The smallest absolute Gasteiger partial charge is 0.119 e. The molecular formula is C22H28O2. The summed E-state index contributed by atoms with van der Waals surface area (Å²) in [5.74, 6) is 2.79. The highest BCUT2D eigenvalue weighted by molar-refractivity contribution is 5.44. The second-order valence-electron chi connectivity index (χ2n) is 7.44.